The molecule has 0 bridgehead atoms. The Bertz CT molecular complexity index is 453. The van der Waals surface area contributed by atoms with Gasteiger partial charge in [-0.05, 0) is 31.0 Å². The second kappa shape index (κ2) is 5.16. The number of aryl methyl sites for hydroxylation is 2. The average Bonchev–Trinajstić information content (AvgIpc) is 2.29. The number of hydrogen-bond donors (Lipinski definition) is 1. The van der Waals surface area contributed by atoms with Gasteiger partial charge in [0.2, 0.25) is 0 Å². The Hall–Kier alpha value is -1.26. The number of nitrogens with two attached hydrogens (primary N) is 1. The lowest BCUT2D eigenvalue weighted by molar-refractivity contribution is 0.130. The van der Waals surface area contributed by atoms with E-state index in [-0.39, 0.29) is 12.1 Å². The van der Waals surface area contributed by atoms with Gasteiger partial charge in [-0.15, -0.1) is 0 Å². The second-order valence-corrected chi connectivity index (χ2v) is 4.98. The maximum Gasteiger partial charge on any atom is 0.414 e. The molecule has 5 heteroatoms. The number of ether oxygens (including phenoxy) is 1. The molecular weight excluding hydrogens is 252 g/mol. The van der Waals surface area contributed by atoms with Crippen LogP contribution in [0, 0.1) is 13.8 Å². The predicted octanol–water partition coefficient (Wildman–Crippen LogP) is 2.63. The van der Waals surface area contributed by atoms with Crippen molar-refractivity contribution in [3.63, 3.8) is 0 Å². The number of halogens is 1. The number of nitrogens with zero attached hydrogens (tertiary/aromatic N) is 1. The average molecular weight is 269 g/mol. The first-order valence-corrected chi connectivity index (χ1v) is 6.35. The van der Waals surface area contributed by atoms with Gasteiger partial charge in [0.1, 0.15) is 0 Å². The number of benzene rings is 1. The van der Waals surface area contributed by atoms with Crippen LogP contribution in [0.25, 0.3) is 0 Å². The highest BCUT2D eigenvalue weighted by Gasteiger charge is 2.32. The van der Waals surface area contributed by atoms with Crippen molar-refractivity contribution < 1.29 is 9.53 Å². The van der Waals surface area contributed by atoms with Gasteiger partial charge in [-0.25, -0.2) is 4.79 Å². The molecule has 1 heterocycles. The molecule has 2 rings (SSSR count). The third-order valence-corrected chi connectivity index (χ3v) is 3.44. The number of anilines is 1. The molecule has 1 unspecified atom stereocenters. The topological polar surface area (TPSA) is 55.6 Å². The van der Waals surface area contributed by atoms with Crippen LogP contribution in [0.4, 0.5) is 10.5 Å². The normalized spacial score (nSPS) is 19.9. The minimum absolute atomic E-state index is 0.0508. The largest absolute Gasteiger partial charge is 0.449 e. The predicted molar refractivity (Wildman–Crippen MR) is 72.2 cm³/mol. The van der Waals surface area contributed by atoms with E-state index in [9.17, 15) is 4.79 Å². The van der Waals surface area contributed by atoms with Gasteiger partial charge in [-0.3, -0.25) is 4.90 Å². The third-order valence-electron chi connectivity index (χ3n) is 3.15. The highest BCUT2D eigenvalue weighted by Crippen LogP contribution is 2.34. The summed E-state index contributed by atoms with van der Waals surface area (Å²) in [4.78, 5) is 13.5. The minimum atomic E-state index is -0.370. The first-order chi connectivity index (χ1) is 8.54. The summed E-state index contributed by atoms with van der Waals surface area (Å²) in [5, 5.41) is 0.560. The molecule has 1 fully saturated rings. The summed E-state index contributed by atoms with van der Waals surface area (Å²) in [6.07, 6.45) is 0.358. The molecule has 0 aliphatic carbocycles. The van der Waals surface area contributed by atoms with Crippen LogP contribution in [0.1, 0.15) is 17.5 Å². The van der Waals surface area contributed by atoms with Crippen LogP contribution in [-0.4, -0.2) is 25.3 Å². The Labute approximate surface area is 112 Å². The number of carbonyl (C=O) groups excluding carboxylic acids is 1. The summed E-state index contributed by atoms with van der Waals surface area (Å²) in [7, 11) is 0. The first kappa shape index (κ1) is 13.2. The summed E-state index contributed by atoms with van der Waals surface area (Å²) in [5.41, 5.74) is 8.46. The van der Waals surface area contributed by atoms with Crippen molar-refractivity contribution in [2.24, 2.45) is 5.73 Å². The van der Waals surface area contributed by atoms with Gasteiger partial charge < -0.3 is 10.5 Å². The van der Waals surface area contributed by atoms with Crippen LogP contribution < -0.4 is 10.6 Å². The maximum absolute atomic E-state index is 11.9. The zero-order chi connectivity index (χ0) is 13.3. The van der Waals surface area contributed by atoms with Crippen molar-refractivity contribution in [3.05, 3.63) is 28.3 Å². The van der Waals surface area contributed by atoms with Gasteiger partial charge in [0.25, 0.3) is 0 Å². The van der Waals surface area contributed by atoms with Crippen LogP contribution in [0.5, 0.6) is 0 Å². The van der Waals surface area contributed by atoms with Gasteiger partial charge in [0.15, 0.2) is 0 Å². The number of hydrogen-bond acceptors (Lipinski definition) is 3. The van der Waals surface area contributed by atoms with E-state index in [0.717, 1.165) is 17.5 Å². The van der Waals surface area contributed by atoms with E-state index < -0.39 is 0 Å². The minimum Gasteiger partial charge on any atom is -0.449 e. The molecule has 18 heavy (non-hydrogen) atoms. The fourth-order valence-corrected chi connectivity index (χ4v) is 2.75. The molecule has 1 atom stereocenters. The van der Waals surface area contributed by atoms with Crippen molar-refractivity contribution >= 4 is 23.4 Å². The third kappa shape index (κ3) is 2.31. The lowest BCUT2D eigenvalue weighted by Gasteiger charge is -2.35. The van der Waals surface area contributed by atoms with Crippen molar-refractivity contribution in [1.82, 2.24) is 0 Å². The fraction of sp³-hybridized carbons (Fsp3) is 0.462. The number of carbonyl (C=O) groups is 1. The fourth-order valence-electron chi connectivity index (χ4n) is 2.34. The quantitative estimate of drug-likeness (QED) is 0.897. The van der Waals surface area contributed by atoms with E-state index in [2.05, 4.69) is 0 Å². The highest BCUT2D eigenvalue weighted by atomic mass is 35.5. The van der Waals surface area contributed by atoms with Crippen LogP contribution >= 0.6 is 11.6 Å². The molecule has 2 N–H and O–H groups in total. The van der Waals surface area contributed by atoms with Crippen LogP contribution in [0.2, 0.25) is 5.02 Å². The van der Waals surface area contributed by atoms with Gasteiger partial charge >= 0.3 is 6.09 Å². The monoisotopic (exact) mass is 268 g/mol. The Morgan fingerprint density at radius 1 is 1.50 bits per heavy atom. The van der Waals surface area contributed by atoms with E-state index in [1.165, 1.54) is 0 Å². The molecule has 1 saturated heterocycles. The summed E-state index contributed by atoms with van der Waals surface area (Å²) in [6.45, 7) is 4.72. The number of cyclic esters (lactones) is 1. The molecular formula is C13H17ClN2O2. The zero-order valence-electron chi connectivity index (χ0n) is 10.6. The number of rotatable bonds is 2. The van der Waals surface area contributed by atoms with Crippen LogP contribution in [0.3, 0.4) is 0 Å². The van der Waals surface area contributed by atoms with Crippen molar-refractivity contribution in [3.8, 4) is 0 Å². The summed E-state index contributed by atoms with van der Waals surface area (Å²) in [6, 6.07) is 3.79. The molecule has 1 aliphatic rings. The zero-order valence-corrected chi connectivity index (χ0v) is 11.3. The Morgan fingerprint density at radius 2 is 2.22 bits per heavy atom. The molecule has 0 aromatic heterocycles. The molecule has 0 saturated carbocycles. The van der Waals surface area contributed by atoms with E-state index >= 15 is 0 Å². The molecule has 0 spiro atoms. The standard InChI is InChI=1S/C13H17ClN2O2/c1-8-5-9(2)12(11(14)6-8)16-10(7-15)3-4-18-13(16)17/h5-6,10H,3-4,7,15H2,1-2H3. The smallest absolute Gasteiger partial charge is 0.414 e. The van der Waals surface area contributed by atoms with E-state index in [1.807, 2.05) is 26.0 Å². The Balaban J connectivity index is 2.48. The molecule has 1 aromatic rings. The van der Waals surface area contributed by atoms with Gasteiger partial charge in [-0.2, -0.15) is 0 Å². The Kier molecular flexibility index (Phi) is 3.78. The van der Waals surface area contributed by atoms with E-state index in [1.54, 1.807) is 4.90 Å². The van der Waals surface area contributed by atoms with Crippen molar-refractivity contribution in [2.75, 3.05) is 18.1 Å². The van der Waals surface area contributed by atoms with Gasteiger partial charge in [-0.1, -0.05) is 17.7 Å². The maximum atomic E-state index is 11.9. The molecule has 98 valence electrons. The lowest BCUT2D eigenvalue weighted by atomic mass is 10.1. The van der Waals surface area contributed by atoms with Crippen molar-refractivity contribution in [2.45, 2.75) is 26.3 Å². The molecule has 0 radical (unpaired) electrons. The highest BCUT2D eigenvalue weighted by molar-refractivity contribution is 6.34. The summed E-state index contributed by atoms with van der Waals surface area (Å²) >= 11 is 6.27. The summed E-state index contributed by atoms with van der Waals surface area (Å²) in [5.74, 6) is 0. The molecule has 1 aromatic carbocycles. The molecule has 1 aliphatic heterocycles. The van der Waals surface area contributed by atoms with Crippen LogP contribution in [0.15, 0.2) is 12.1 Å². The summed E-state index contributed by atoms with van der Waals surface area (Å²) < 4.78 is 5.09. The SMILES string of the molecule is Cc1cc(C)c(N2C(=O)OCCC2CN)c(Cl)c1. The molecule has 1 amide bonds. The van der Waals surface area contributed by atoms with Crippen LogP contribution in [-0.2, 0) is 4.74 Å². The van der Waals surface area contributed by atoms with Gasteiger partial charge in [0, 0.05) is 13.0 Å². The van der Waals surface area contributed by atoms with E-state index in [4.69, 9.17) is 22.1 Å². The molecule has 4 nitrogen and oxygen atoms in total. The van der Waals surface area contributed by atoms with Gasteiger partial charge in [0.05, 0.1) is 23.4 Å². The van der Waals surface area contributed by atoms with Crippen molar-refractivity contribution in [1.29, 1.82) is 0 Å². The lowest BCUT2D eigenvalue weighted by Crippen LogP contribution is -2.49. The number of amides is 1. The first-order valence-electron chi connectivity index (χ1n) is 5.97. The van der Waals surface area contributed by atoms with E-state index in [0.29, 0.717) is 23.9 Å². The Morgan fingerprint density at radius 3 is 2.83 bits per heavy atom. The second-order valence-electron chi connectivity index (χ2n) is 4.57.